The predicted molar refractivity (Wildman–Crippen MR) is 110 cm³/mol. The Kier molecular flexibility index (Phi) is 6.17. The molecule has 0 unspecified atom stereocenters. The summed E-state index contributed by atoms with van der Waals surface area (Å²) in [6.07, 6.45) is 1.03. The second-order valence-electron chi connectivity index (χ2n) is 6.12. The molecule has 30 heavy (non-hydrogen) atoms. The maximum atomic E-state index is 12.6. The lowest BCUT2D eigenvalue weighted by molar-refractivity contribution is 0.102. The van der Waals surface area contributed by atoms with Crippen LogP contribution in [-0.2, 0) is 25.6 Å². The average molecular weight is 467 g/mol. The van der Waals surface area contributed by atoms with Crippen LogP contribution in [0.15, 0.2) is 70.8 Å². The Morgan fingerprint density at radius 2 is 1.63 bits per heavy atom. The van der Waals surface area contributed by atoms with Gasteiger partial charge in [-0.25, -0.2) is 31.9 Å². The number of nitrogens with zero attached hydrogens (tertiary/aromatic N) is 2. The summed E-state index contributed by atoms with van der Waals surface area (Å²) < 4.78 is 47.8. The molecule has 0 bridgehead atoms. The molecule has 0 saturated heterocycles. The Balaban J connectivity index is 1.85. The van der Waals surface area contributed by atoms with Crippen molar-refractivity contribution in [2.45, 2.75) is 15.8 Å². The Morgan fingerprint density at radius 1 is 1.00 bits per heavy atom. The lowest BCUT2D eigenvalue weighted by atomic mass is 10.2. The monoisotopic (exact) mass is 466 g/mol. The number of aromatic nitrogens is 2. The molecule has 9 nitrogen and oxygen atoms in total. The molecule has 0 aliphatic rings. The van der Waals surface area contributed by atoms with Crippen LogP contribution in [0.3, 0.4) is 0 Å². The van der Waals surface area contributed by atoms with Gasteiger partial charge in [0.25, 0.3) is 5.91 Å². The number of primary sulfonamides is 1. The van der Waals surface area contributed by atoms with Gasteiger partial charge in [-0.15, -0.1) is 0 Å². The second kappa shape index (κ2) is 8.48. The van der Waals surface area contributed by atoms with Crippen LogP contribution in [0, 0.1) is 0 Å². The van der Waals surface area contributed by atoms with E-state index in [0.29, 0.717) is 5.56 Å². The zero-order chi connectivity index (χ0) is 21.9. The Labute approximate surface area is 177 Å². The first-order chi connectivity index (χ1) is 14.1. The van der Waals surface area contributed by atoms with Crippen LogP contribution < -0.4 is 10.5 Å². The van der Waals surface area contributed by atoms with Gasteiger partial charge in [0.15, 0.2) is 5.69 Å². The molecule has 1 amide bonds. The minimum atomic E-state index is -3.92. The van der Waals surface area contributed by atoms with E-state index in [1.165, 1.54) is 24.3 Å². The van der Waals surface area contributed by atoms with Gasteiger partial charge >= 0.3 is 0 Å². The number of sulfonamides is 1. The standard InChI is InChI=1S/C18H15ClN4O5S2/c19-15-10-21-18(29(25,26)11-12-4-2-1-3-5-12)23-16(15)17(24)22-13-6-8-14(9-7-13)30(20,27)28/h1-10H,11H2,(H,22,24)(H2,20,27,28). The molecular weight excluding hydrogens is 452 g/mol. The van der Waals surface area contributed by atoms with Crippen molar-refractivity contribution in [3.8, 4) is 0 Å². The van der Waals surface area contributed by atoms with E-state index < -0.39 is 30.9 Å². The summed E-state index contributed by atoms with van der Waals surface area (Å²) >= 11 is 5.98. The van der Waals surface area contributed by atoms with Crippen LogP contribution in [0.2, 0.25) is 5.02 Å². The summed E-state index contributed by atoms with van der Waals surface area (Å²) in [6, 6.07) is 13.5. The summed E-state index contributed by atoms with van der Waals surface area (Å²) in [5.74, 6) is -1.13. The number of amides is 1. The van der Waals surface area contributed by atoms with Crippen LogP contribution in [0.25, 0.3) is 0 Å². The van der Waals surface area contributed by atoms with Crippen molar-refractivity contribution in [2.75, 3.05) is 5.32 Å². The zero-order valence-electron chi connectivity index (χ0n) is 15.2. The molecule has 12 heteroatoms. The predicted octanol–water partition coefficient (Wildman–Crippen LogP) is 2.00. The number of benzene rings is 2. The van der Waals surface area contributed by atoms with Crippen molar-refractivity contribution < 1.29 is 21.6 Å². The summed E-state index contributed by atoms with van der Waals surface area (Å²) in [4.78, 5) is 20.0. The molecule has 0 fully saturated rings. The Hall–Kier alpha value is -2.86. The molecule has 0 spiro atoms. The highest BCUT2D eigenvalue weighted by atomic mass is 35.5. The van der Waals surface area contributed by atoms with Gasteiger partial charge in [-0.05, 0) is 29.8 Å². The van der Waals surface area contributed by atoms with Gasteiger partial charge in [0.05, 0.1) is 21.9 Å². The van der Waals surface area contributed by atoms with Gasteiger partial charge < -0.3 is 5.32 Å². The molecule has 2 aromatic carbocycles. The first kappa shape index (κ1) is 21.8. The molecule has 0 aliphatic heterocycles. The van der Waals surface area contributed by atoms with Gasteiger partial charge in [0.1, 0.15) is 0 Å². The largest absolute Gasteiger partial charge is 0.321 e. The molecule has 0 saturated carbocycles. The number of hydrogen-bond donors (Lipinski definition) is 2. The maximum Gasteiger partial charge on any atom is 0.275 e. The third-order valence-corrected chi connectivity index (χ3v) is 6.53. The number of rotatable bonds is 6. The number of nitrogens with two attached hydrogens (primary N) is 1. The van der Waals surface area contributed by atoms with E-state index in [4.69, 9.17) is 16.7 Å². The van der Waals surface area contributed by atoms with Crippen molar-refractivity contribution in [1.82, 2.24) is 9.97 Å². The van der Waals surface area contributed by atoms with Crippen molar-refractivity contribution in [2.24, 2.45) is 5.14 Å². The first-order valence-electron chi connectivity index (χ1n) is 8.30. The van der Waals surface area contributed by atoms with Crippen LogP contribution in [0.4, 0.5) is 5.69 Å². The Bertz CT molecular complexity index is 1300. The van der Waals surface area contributed by atoms with Crippen molar-refractivity contribution in [3.05, 3.63) is 77.1 Å². The van der Waals surface area contributed by atoms with Crippen LogP contribution in [0.1, 0.15) is 16.1 Å². The van der Waals surface area contributed by atoms with Gasteiger partial charge in [0.2, 0.25) is 25.0 Å². The fourth-order valence-electron chi connectivity index (χ4n) is 2.44. The topological polar surface area (TPSA) is 149 Å². The number of carbonyl (C=O) groups is 1. The van der Waals surface area contributed by atoms with Gasteiger partial charge in [-0.3, -0.25) is 4.79 Å². The number of anilines is 1. The van der Waals surface area contributed by atoms with E-state index in [0.717, 1.165) is 6.20 Å². The Morgan fingerprint density at radius 3 is 2.23 bits per heavy atom. The number of nitrogens with one attached hydrogen (secondary N) is 1. The molecule has 3 rings (SSSR count). The van der Waals surface area contributed by atoms with E-state index in [1.807, 2.05) is 0 Å². The van der Waals surface area contributed by atoms with Crippen LogP contribution in [0.5, 0.6) is 0 Å². The molecular formula is C18H15ClN4O5S2. The second-order valence-corrected chi connectivity index (χ2v) is 9.97. The fraction of sp³-hybridized carbons (Fsp3) is 0.0556. The third kappa shape index (κ3) is 5.19. The molecule has 3 N–H and O–H groups in total. The van der Waals surface area contributed by atoms with E-state index in [1.54, 1.807) is 30.3 Å². The van der Waals surface area contributed by atoms with E-state index in [9.17, 15) is 21.6 Å². The number of sulfone groups is 1. The highest BCUT2D eigenvalue weighted by Crippen LogP contribution is 2.20. The van der Waals surface area contributed by atoms with Gasteiger partial charge in [-0.1, -0.05) is 41.9 Å². The van der Waals surface area contributed by atoms with E-state index in [2.05, 4.69) is 15.3 Å². The maximum absolute atomic E-state index is 12.6. The molecule has 0 aliphatic carbocycles. The highest BCUT2D eigenvalue weighted by Gasteiger charge is 2.23. The zero-order valence-corrected chi connectivity index (χ0v) is 17.6. The molecule has 1 heterocycles. The van der Waals surface area contributed by atoms with Gasteiger partial charge in [-0.2, -0.15) is 0 Å². The fourth-order valence-corrected chi connectivity index (χ4v) is 4.33. The molecule has 1 aromatic heterocycles. The highest BCUT2D eigenvalue weighted by molar-refractivity contribution is 7.90. The van der Waals surface area contributed by atoms with E-state index >= 15 is 0 Å². The summed E-state index contributed by atoms with van der Waals surface area (Å²) in [5, 5.41) is 6.80. The summed E-state index contributed by atoms with van der Waals surface area (Å²) in [5.41, 5.74) is 0.432. The SMILES string of the molecule is NS(=O)(=O)c1ccc(NC(=O)c2nc(S(=O)(=O)Cc3ccccc3)ncc2Cl)cc1. The van der Waals surface area contributed by atoms with Crippen LogP contribution >= 0.6 is 11.6 Å². The third-order valence-electron chi connectivity index (χ3n) is 3.86. The van der Waals surface area contributed by atoms with E-state index in [-0.39, 0.29) is 27.1 Å². The van der Waals surface area contributed by atoms with Gasteiger partial charge in [0, 0.05) is 5.69 Å². The number of hydrogen-bond acceptors (Lipinski definition) is 7. The lowest BCUT2D eigenvalue weighted by Crippen LogP contribution is -2.18. The number of halogens is 1. The first-order valence-corrected chi connectivity index (χ1v) is 11.9. The minimum absolute atomic E-state index is 0.130. The lowest BCUT2D eigenvalue weighted by Gasteiger charge is -2.09. The minimum Gasteiger partial charge on any atom is -0.321 e. The number of carbonyl (C=O) groups excluding carboxylic acids is 1. The molecule has 0 radical (unpaired) electrons. The smallest absolute Gasteiger partial charge is 0.275 e. The van der Waals surface area contributed by atoms with Crippen molar-refractivity contribution in [3.63, 3.8) is 0 Å². The summed E-state index contributed by atoms with van der Waals surface area (Å²) in [7, 11) is -7.80. The quantitative estimate of drug-likeness (QED) is 0.527. The molecule has 156 valence electrons. The van der Waals surface area contributed by atoms with Crippen molar-refractivity contribution in [1.29, 1.82) is 0 Å². The normalized spacial score (nSPS) is 11.8. The summed E-state index contributed by atoms with van der Waals surface area (Å²) in [6.45, 7) is 0. The van der Waals surface area contributed by atoms with Crippen LogP contribution in [-0.4, -0.2) is 32.7 Å². The molecule has 3 aromatic rings. The molecule has 0 atom stereocenters. The van der Waals surface area contributed by atoms with Crippen molar-refractivity contribution >= 4 is 43.1 Å². The average Bonchev–Trinajstić information content (AvgIpc) is 2.68.